The van der Waals surface area contributed by atoms with E-state index >= 15 is 0 Å². The van der Waals surface area contributed by atoms with E-state index in [2.05, 4.69) is 10.3 Å². The fourth-order valence-electron chi connectivity index (χ4n) is 3.09. The molecule has 1 N–H and O–H groups in total. The SMILES string of the molecule is COc1cc(OC)cc(C(NC(=O)CCc2ccc(F)cc2)c2nccn2C)c1. The topological polar surface area (TPSA) is 65.4 Å². The summed E-state index contributed by atoms with van der Waals surface area (Å²) in [7, 11) is 5.03. The Hall–Kier alpha value is -3.35. The lowest BCUT2D eigenvalue weighted by molar-refractivity contribution is -0.121. The van der Waals surface area contributed by atoms with Gasteiger partial charge in [-0.1, -0.05) is 12.1 Å². The van der Waals surface area contributed by atoms with Crippen LogP contribution in [0.25, 0.3) is 0 Å². The van der Waals surface area contributed by atoms with Crippen LogP contribution in [-0.4, -0.2) is 29.7 Å². The third-order valence-corrected chi connectivity index (χ3v) is 4.68. The van der Waals surface area contributed by atoms with Crippen LogP contribution >= 0.6 is 0 Å². The number of imidazole rings is 1. The van der Waals surface area contributed by atoms with Crippen LogP contribution in [0.1, 0.15) is 29.4 Å². The van der Waals surface area contributed by atoms with Gasteiger partial charge in [-0.2, -0.15) is 0 Å². The van der Waals surface area contributed by atoms with E-state index < -0.39 is 6.04 Å². The Labute approximate surface area is 169 Å². The van der Waals surface area contributed by atoms with Crippen molar-refractivity contribution in [3.05, 3.63) is 77.6 Å². The molecule has 3 aromatic rings. The number of aryl methyl sites for hydroxylation is 2. The lowest BCUT2D eigenvalue weighted by Crippen LogP contribution is -2.31. The van der Waals surface area contributed by atoms with Gasteiger partial charge in [0.2, 0.25) is 5.91 Å². The van der Waals surface area contributed by atoms with Gasteiger partial charge < -0.3 is 19.4 Å². The number of nitrogens with zero attached hydrogens (tertiary/aromatic N) is 2. The predicted molar refractivity (Wildman–Crippen MR) is 107 cm³/mol. The van der Waals surface area contributed by atoms with Crippen molar-refractivity contribution in [3.63, 3.8) is 0 Å². The minimum atomic E-state index is -0.472. The molecule has 0 radical (unpaired) electrons. The number of aromatic nitrogens is 2. The lowest BCUT2D eigenvalue weighted by atomic mass is 10.0. The predicted octanol–water partition coefficient (Wildman–Crippen LogP) is 3.41. The molecule has 0 aliphatic rings. The van der Waals surface area contributed by atoms with Crippen LogP contribution in [0.3, 0.4) is 0 Å². The Morgan fingerprint density at radius 2 is 1.79 bits per heavy atom. The maximum Gasteiger partial charge on any atom is 0.221 e. The van der Waals surface area contributed by atoms with E-state index in [0.717, 1.165) is 11.1 Å². The standard InChI is InChI=1S/C22H24FN3O3/c1-26-11-10-24-22(26)21(16-12-18(28-2)14-19(13-16)29-3)25-20(27)9-6-15-4-7-17(23)8-5-15/h4-5,7-8,10-14,21H,6,9H2,1-3H3,(H,25,27). The Morgan fingerprint density at radius 3 is 2.34 bits per heavy atom. The van der Waals surface area contributed by atoms with Crippen molar-refractivity contribution in [1.29, 1.82) is 0 Å². The van der Waals surface area contributed by atoms with Crippen LogP contribution in [0.4, 0.5) is 4.39 Å². The molecule has 1 atom stereocenters. The van der Waals surface area contributed by atoms with Gasteiger partial charge in [0.25, 0.3) is 0 Å². The highest BCUT2D eigenvalue weighted by atomic mass is 19.1. The zero-order valence-electron chi connectivity index (χ0n) is 16.7. The fourth-order valence-corrected chi connectivity index (χ4v) is 3.09. The molecule has 2 aromatic carbocycles. The Morgan fingerprint density at radius 1 is 1.14 bits per heavy atom. The first-order valence-electron chi connectivity index (χ1n) is 9.24. The highest BCUT2D eigenvalue weighted by Crippen LogP contribution is 2.29. The van der Waals surface area contributed by atoms with Gasteiger partial charge in [0.1, 0.15) is 29.2 Å². The van der Waals surface area contributed by atoms with Gasteiger partial charge >= 0.3 is 0 Å². The molecule has 3 rings (SSSR count). The van der Waals surface area contributed by atoms with Crippen LogP contribution in [-0.2, 0) is 18.3 Å². The quantitative estimate of drug-likeness (QED) is 0.633. The molecule has 0 saturated heterocycles. The van der Waals surface area contributed by atoms with Crippen LogP contribution in [0.5, 0.6) is 11.5 Å². The fraction of sp³-hybridized carbons (Fsp3) is 0.273. The second-order valence-corrected chi connectivity index (χ2v) is 6.67. The summed E-state index contributed by atoms with van der Waals surface area (Å²) in [5.41, 5.74) is 1.70. The first-order valence-corrected chi connectivity index (χ1v) is 9.24. The first-order chi connectivity index (χ1) is 14.0. The Bertz CT molecular complexity index is 947. The second-order valence-electron chi connectivity index (χ2n) is 6.67. The maximum absolute atomic E-state index is 13.1. The number of carbonyl (C=O) groups is 1. The van der Waals surface area contributed by atoms with E-state index in [9.17, 15) is 9.18 Å². The maximum atomic E-state index is 13.1. The molecule has 152 valence electrons. The van der Waals surface area contributed by atoms with Crippen molar-refractivity contribution in [2.24, 2.45) is 7.05 Å². The highest BCUT2D eigenvalue weighted by Gasteiger charge is 2.22. The summed E-state index contributed by atoms with van der Waals surface area (Å²) >= 11 is 0. The first kappa shape index (κ1) is 20.4. The molecule has 0 saturated carbocycles. The molecule has 0 bridgehead atoms. The summed E-state index contributed by atoms with van der Waals surface area (Å²) in [6, 6.07) is 11.2. The van der Waals surface area contributed by atoms with E-state index in [4.69, 9.17) is 9.47 Å². The van der Waals surface area contributed by atoms with Gasteiger partial charge in [-0.25, -0.2) is 9.37 Å². The minimum Gasteiger partial charge on any atom is -0.497 e. The molecule has 7 heteroatoms. The van der Waals surface area contributed by atoms with Gasteiger partial charge in [-0.3, -0.25) is 4.79 Å². The molecule has 1 unspecified atom stereocenters. The van der Waals surface area contributed by atoms with Gasteiger partial charge in [-0.15, -0.1) is 0 Å². The van der Waals surface area contributed by atoms with E-state index in [1.165, 1.54) is 12.1 Å². The van der Waals surface area contributed by atoms with Crippen LogP contribution in [0.2, 0.25) is 0 Å². The minimum absolute atomic E-state index is 0.135. The summed E-state index contributed by atoms with van der Waals surface area (Å²) < 4.78 is 25.6. The molecule has 29 heavy (non-hydrogen) atoms. The summed E-state index contributed by atoms with van der Waals surface area (Å²) in [6.07, 6.45) is 4.29. The smallest absolute Gasteiger partial charge is 0.221 e. The number of amides is 1. The molecule has 0 aliphatic carbocycles. The molecule has 1 aromatic heterocycles. The number of carbonyl (C=O) groups excluding carboxylic acids is 1. The monoisotopic (exact) mass is 397 g/mol. The zero-order valence-corrected chi connectivity index (χ0v) is 16.7. The lowest BCUT2D eigenvalue weighted by Gasteiger charge is -2.20. The van der Waals surface area contributed by atoms with Crippen molar-refractivity contribution >= 4 is 5.91 Å². The van der Waals surface area contributed by atoms with Crippen molar-refractivity contribution in [1.82, 2.24) is 14.9 Å². The summed E-state index contributed by atoms with van der Waals surface area (Å²) in [5, 5.41) is 3.05. The molecule has 0 fully saturated rings. The normalized spacial score (nSPS) is 11.7. The summed E-state index contributed by atoms with van der Waals surface area (Å²) in [6.45, 7) is 0. The number of hydrogen-bond donors (Lipinski definition) is 1. The number of halogens is 1. The molecular formula is C22H24FN3O3. The van der Waals surface area contributed by atoms with Crippen LogP contribution in [0, 0.1) is 5.82 Å². The van der Waals surface area contributed by atoms with Crippen molar-refractivity contribution in [2.45, 2.75) is 18.9 Å². The third-order valence-electron chi connectivity index (χ3n) is 4.68. The van der Waals surface area contributed by atoms with E-state index in [1.807, 2.05) is 29.9 Å². The van der Waals surface area contributed by atoms with Gasteiger partial charge in [-0.05, 0) is 41.8 Å². The summed E-state index contributed by atoms with van der Waals surface area (Å²) in [4.78, 5) is 17.1. The number of methoxy groups -OCH3 is 2. The Balaban J connectivity index is 1.82. The molecule has 0 aliphatic heterocycles. The zero-order chi connectivity index (χ0) is 20.8. The largest absolute Gasteiger partial charge is 0.497 e. The van der Waals surface area contributed by atoms with Crippen molar-refractivity contribution < 1.29 is 18.7 Å². The van der Waals surface area contributed by atoms with E-state index in [1.54, 1.807) is 38.6 Å². The Kier molecular flexibility index (Phi) is 6.49. The summed E-state index contributed by atoms with van der Waals surface area (Å²) in [5.74, 6) is 1.51. The van der Waals surface area contributed by atoms with Gasteiger partial charge in [0.15, 0.2) is 0 Å². The number of nitrogens with one attached hydrogen (secondary N) is 1. The van der Waals surface area contributed by atoms with Crippen molar-refractivity contribution in [2.75, 3.05) is 14.2 Å². The molecular weight excluding hydrogens is 373 g/mol. The number of ether oxygens (including phenoxy) is 2. The van der Waals surface area contributed by atoms with Crippen LogP contribution in [0.15, 0.2) is 54.9 Å². The highest BCUT2D eigenvalue weighted by molar-refractivity contribution is 5.77. The molecule has 1 heterocycles. The molecule has 6 nitrogen and oxygen atoms in total. The van der Waals surface area contributed by atoms with Crippen molar-refractivity contribution in [3.8, 4) is 11.5 Å². The molecule has 1 amide bonds. The number of hydrogen-bond acceptors (Lipinski definition) is 4. The van der Waals surface area contributed by atoms with Crippen LogP contribution < -0.4 is 14.8 Å². The van der Waals surface area contributed by atoms with E-state index in [-0.39, 0.29) is 18.1 Å². The van der Waals surface area contributed by atoms with Gasteiger partial charge in [0, 0.05) is 31.9 Å². The molecule has 0 spiro atoms. The van der Waals surface area contributed by atoms with E-state index in [0.29, 0.717) is 23.7 Å². The number of rotatable bonds is 8. The average Bonchev–Trinajstić information content (AvgIpc) is 3.16. The second kappa shape index (κ2) is 9.23. The third kappa shape index (κ3) is 5.13. The number of benzene rings is 2. The average molecular weight is 397 g/mol. The van der Waals surface area contributed by atoms with Gasteiger partial charge in [0.05, 0.1) is 14.2 Å².